The average Bonchev–Trinajstić information content (AvgIpc) is 2.77. The quantitative estimate of drug-likeness (QED) is 0.657. The van der Waals surface area contributed by atoms with E-state index in [2.05, 4.69) is 10.2 Å². The van der Waals surface area contributed by atoms with E-state index in [9.17, 15) is 4.79 Å². The Kier molecular flexibility index (Phi) is 4.84. The molecule has 0 N–H and O–H groups in total. The van der Waals surface area contributed by atoms with Gasteiger partial charge in [-0.1, -0.05) is 0 Å². The van der Waals surface area contributed by atoms with E-state index in [-0.39, 0.29) is 5.91 Å². The monoisotopic (exact) mass is 395 g/mol. The molecule has 1 amide bonds. The maximum Gasteiger partial charge on any atom is 0.258 e. The zero-order chi connectivity index (χ0) is 20.5. The number of amides is 1. The normalized spacial score (nSPS) is 13.2. The lowest BCUT2D eigenvalue weighted by atomic mass is 9.97. The first-order chi connectivity index (χ1) is 14.1. The smallest absolute Gasteiger partial charge is 0.258 e. The third kappa shape index (κ3) is 3.06. The van der Waals surface area contributed by atoms with Crippen LogP contribution in [0.2, 0.25) is 0 Å². The highest BCUT2D eigenvalue weighted by Crippen LogP contribution is 2.38. The molecule has 4 rings (SSSR count). The highest BCUT2D eigenvalue weighted by atomic mass is 16.5. The number of aromatic nitrogens is 2. The van der Waals surface area contributed by atoms with Crippen LogP contribution < -0.4 is 23.8 Å². The maximum atomic E-state index is 13.3. The van der Waals surface area contributed by atoms with Crippen LogP contribution in [0.3, 0.4) is 0 Å². The molecule has 3 aromatic rings. The molecular formula is C21H21N3O5. The summed E-state index contributed by atoms with van der Waals surface area (Å²) in [6, 6.07) is 7.15. The van der Waals surface area contributed by atoms with Crippen LogP contribution in [0.25, 0.3) is 10.9 Å². The number of benzene rings is 2. The highest BCUT2D eigenvalue weighted by molar-refractivity contribution is 6.12. The minimum Gasteiger partial charge on any atom is -0.493 e. The van der Waals surface area contributed by atoms with Gasteiger partial charge in [0.15, 0.2) is 23.0 Å². The van der Waals surface area contributed by atoms with Crippen molar-refractivity contribution < 1.29 is 23.7 Å². The summed E-state index contributed by atoms with van der Waals surface area (Å²) in [4.78, 5) is 15.0. The Balaban J connectivity index is 1.82. The van der Waals surface area contributed by atoms with Crippen molar-refractivity contribution in [1.82, 2.24) is 10.2 Å². The van der Waals surface area contributed by atoms with E-state index in [1.807, 2.05) is 12.1 Å². The van der Waals surface area contributed by atoms with Gasteiger partial charge < -0.3 is 23.8 Å². The van der Waals surface area contributed by atoms with E-state index >= 15 is 0 Å². The molecule has 0 atom stereocenters. The van der Waals surface area contributed by atoms with Gasteiger partial charge in [-0.25, -0.2) is 0 Å². The molecule has 0 unspecified atom stereocenters. The van der Waals surface area contributed by atoms with Gasteiger partial charge in [-0.15, -0.1) is 0 Å². The van der Waals surface area contributed by atoms with Crippen molar-refractivity contribution in [3.8, 4) is 23.0 Å². The fraction of sp³-hybridized carbons (Fsp3) is 0.286. The van der Waals surface area contributed by atoms with Crippen LogP contribution in [-0.2, 0) is 6.42 Å². The maximum absolute atomic E-state index is 13.3. The number of hydrogen-bond acceptors (Lipinski definition) is 7. The van der Waals surface area contributed by atoms with Gasteiger partial charge >= 0.3 is 0 Å². The Morgan fingerprint density at radius 3 is 2.17 bits per heavy atom. The molecule has 29 heavy (non-hydrogen) atoms. The first-order valence-corrected chi connectivity index (χ1v) is 9.05. The van der Waals surface area contributed by atoms with E-state index in [1.54, 1.807) is 51.7 Å². The van der Waals surface area contributed by atoms with Gasteiger partial charge in [-0.05, 0) is 30.2 Å². The number of nitrogens with zero attached hydrogens (tertiary/aromatic N) is 3. The number of methoxy groups -OCH3 is 4. The van der Waals surface area contributed by atoms with Gasteiger partial charge in [-0.3, -0.25) is 4.79 Å². The van der Waals surface area contributed by atoms with E-state index in [4.69, 9.17) is 18.9 Å². The molecule has 0 bridgehead atoms. The lowest BCUT2D eigenvalue weighted by molar-refractivity contribution is 0.0980. The Morgan fingerprint density at radius 1 is 0.862 bits per heavy atom. The number of rotatable bonds is 5. The molecule has 1 aromatic heterocycles. The van der Waals surface area contributed by atoms with Crippen molar-refractivity contribution >= 4 is 22.5 Å². The Labute approximate surface area is 168 Å². The number of fused-ring (bicyclic) bond motifs is 2. The second-order valence-electron chi connectivity index (χ2n) is 6.53. The minimum absolute atomic E-state index is 0.128. The third-order valence-corrected chi connectivity index (χ3v) is 5.10. The first-order valence-electron chi connectivity index (χ1n) is 9.05. The molecule has 150 valence electrons. The van der Waals surface area contributed by atoms with Gasteiger partial charge in [0, 0.05) is 23.6 Å². The summed E-state index contributed by atoms with van der Waals surface area (Å²) in [6.07, 6.45) is 2.27. The fourth-order valence-corrected chi connectivity index (χ4v) is 3.62. The summed E-state index contributed by atoms with van der Waals surface area (Å²) in [5.41, 5.74) is 2.79. The molecule has 0 fully saturated rings. The van der Waals surface area contributed by atoms with E-state index in [0.29, 0.717) is 52.7 Å². The highest BCUT2D eigenvalue weighted by Gasteiger charge is 2.29. The number of hydrogen-bond donors (Lipinski definition) is 0. The van der Waals surface area contributed by atoms with Crippen LogP contribution in [0, 0.1) is 0 Å². The summed E-state index contributed by atoms with van der Waals surface area (Å²) in [6.45, 7) is 0.510. The van der Waals surface area contributed by atoms with Crippen LogP contribution >= 0.6 is 0 Å². The second kappa shape index (κ2) is 7.46. The second-order valence-corrected chi connectivity index (χ2v) is 6.53. The van der Waals surface area contributed by atoms with E-state index in [0.717, 1.165) is 10.9 Å². The number of anilines is 1. The third-order valence-electron chi connectivity index (χ3n) is 5.10. The molecule has 2 aromatic carbocycles. The molecule has 2 heterocycles. The van der Waals surface area contributed by atoms with Gasteiger partial charge in [0.2, 0.25) is 0 Å². The van der Waals surface area contributed by atoms with Crippen LogP contribution in [0.4, 0.5) is 5.69 Å². The Morgan fingerprint density at radius 2 is 1.48 bits per heavy atom. The van der Waals surface area contributed by atoms with Crippen molar-refractivity contribution in [2.75, 3.05) is 39.9 Å². The standard InChI is InChI=1S/C21H21N3O5/c1-26-17-7-12-5-6-24(21(25)13(12)8-18(17)27-2)16-11-22-23-15-10-20(29-4)19(28-3)9-14(15)16/h7-11H,5-6H2,1-4H3. The number of carbonyl (C=O) groups excluding carboxylic acids is 1. The predicted octanol–water partition coefficient (Wildman–Crippen LogP) is 2.87. The molecule has 1 aliphatic rings. The number of ether oxygens (including phenoxy) is 4. The van der Waals surface area contributed by atoms with E-state index in [1.165, 1.54) is 0 Å². The van der Waals surface area contributed by atoms with Crippen molar-refractivity contribution in [2.45, 2.75) is 6.42 Å². The number of carbonyl (C=O) groups is 1. The fourth-order valence-electron chi connectivity index (χ4n) is 3.62. The van der Waals surface area contributed by atoms with Crippen molar-refractivity contribution in [3.05, 3.63) is 41.6 Å². The SMILES string of the molecule is COc1cc2c(cc1OC)C(=O)N(c1cnnc3cc(OC)c(OC)cc13)CC2. The molecular weight excluding hydrogens is 374 g/mol. The van der Waals surface area contributed by atoms with Crippen LogP contribution in [0.1, 0.15) is 15.9 Å². The summed E-state index contributed by atoms with van der Waals surface area (Å²) >= 11 is 0. The zero-order valence-corrected chi connectivity index (χ0v) is 16.7. The lowest BCUT2D eigenvalue weighted by Gasteiger charge is -2.29. The summed E-state index contributed by atoms with van der Waals surface area (Å²) < 4.78 is 21.5. The molecule has 0 aliphatic carbocycles. The molecule has 0 spiro atoms. The average molecular weight is 395 g/mol. The van der Waals surface area contributed by atoms with Gasteiger partial charge in [-0.2, -0.15) is 10.2 Å². The summed E-state index contributed by atoms with van der Waals surface area (Å²) in [7, 11) is 6.26. The summed E-state index contributed by atoms with van der Waals surface area (Å²) in [5, 5.41) is 9.02. The van der Waals surface area contributed by atoms with Gasteiger partial charge in [0.1, 0.15) is 0 Å². The topological polar surface area (TPSA) is 83.0 Å². The molecule has 0 saturated carbocycles. The van der Waals surface area contributed by atoms with Gasteiger partial charge in [0.05, 0.1) is 45.8 Å². The first kappa shape index (κ1) is 18.8. The van der Waals surface area contributed by atoms with Crippen LogP contribution in [0.15, 0.2) is 30.5 Å². The van der Waals surface area contributed by atoms with Crippen molar-refractivity contribution in [3.63, 3.8) is 0 Å². The summed E-state index contributed by atoms with van der Waals surface area (Å²) in [5.74, 6) is 2.12. The van der Waals surface area contributed by atoms with Crippen LogP contribution in [0.5, 0.6) is 23.0 Å². The van der Waals surface area contributed by atoms with E-state index < -0.39 is 0 Å². The molecule has 8 heteroatoms. The minimum atomic E-state index is -0.128. The Hall–Kier alpha value is -3.55. The molecule has 8 nitrogen and oxygen atoms in total. The largest absolute Gasteiger partial charge is 0.493 e. The predicted molar refractivity (Wildman–Crippen MR) is 108 cm³/mol. The molecule has 1 aliphatic heterocycles. The Bertz CT molecular complexity index is 1100. The lowest BCUT2D eigenvalue weighted by Crippen LogP contribution is -2.38. The molecule has 0 saturated heterocycles. The van der Waals surface area contributed by atoms with Crippen molar-refractivity contribution in [2.24, 2.45) is 0 Å². The van der Waals surface area contributed by atoms with Crippen molar-refractivity contribution in [1.29, 1.82) is 0 Å². The zero-order valence-electron chi connectivity index (χ0n) is 16.7. The molecule has 0 radical (unpaired) electrons. The van der Waals surface area contributed by atoms with Gasteiger partial charge in [0.25, 0.3) is 5.91 Å². The van der Waals surface area contributed by atoms with Crippen LogP contribution in [-0.4, -0.2) is 51.1 Å².